The molecule has 1 fully saturated rings. The van der Waals surface area contributed by atoms with E-state index < -0.39 is 0 Å². The third-order valence-electron chi connectivity index (χ3n) is 3.34. The first-order chi connectivity index (χ1) is 9.31. The number of nitrogens with zero attached hydrogens (tertiary/aromatic N) is 1. The summed E-state index contributed by atoms with van der Waals surface area (Å²) in [7, 11) is 0. The molecule has 2 rings (SSSR count). The molecule has 0 radical (unpaired) electrons. The Kier molecular flexibility index (Phi) is 5.00. The summed E-state index contributed by atoms with van der Waals surface area (Å²) >= 11 is 0. The molecule has 0 bridgehead atoms. The summed E-state index contributed by atoms with van der Waals surface area (Å²) in [6.07, 6.45) is 4.65. The molecule has 3 nitrogen and oxygen atoms in total. The summed E-state index contributed by atoms with van der Waals surface area (Å²) in [4.78, 5) is 14.3. The van der Waals surface area contributed by atoms with Crippen molar-refractivity contribution in [2.75, 3.05) is 19.7 Å². The van der Waals surface area contributed by atoms with Crippen molar-refractivity contribution in [1.29, 1.82) is 0 Å². The van der Waals surface area contributed by atoms with Crippen molar-refractivity contribution >= 4 is 5.91 Å². The van der Waals surface area contributed by atoms with Gasteiger partial charge in [-0.05, 0) is 37.1 Å². The van der Waals surface area contributed by atoms with Crippen LogP contribution in [-0.4, -0.2) is 35.6 Å². The van der Waals surface area contributed by atoms with Gasteiger partial charge in [-0.2, -0.15) is 0 Å². The fourth-order valence-corrected chi connectivity index (χ4v) is 2.29. The topological polar surface area (TPSA) is 40.5 Å². The van der Waals surface area contributed by atoms with E-state index in [1.807, 2.05) is 29.2 Å². The minimum absolute atomic E-state index is 0.114. The van der Waals surface area contributed by atoms with Crippen LogP contribution in [0.5, 0.6) is 0 Å². The zero-order valence-corrected chi connectivity index (χ0v) is 11.1. The van der Waals surface area contributed by atoms with Crippen molar-refractivity contribution < 1.29 is 9.90 Å². The summed E-state index contributed by atoms with van der Waals surface area (Å²) in [5, 5.41) is 8.63. The molecule has 1 aliphatic heterocycles. The molecule has 1 aromatic rings. The highest BCUT2D eigenvalue weighted by Crippen LogP contribution is 2.13. The molecule has 0 spiro atoms. The third-order valence-corrected chi connectivity index (χ3v) is 3.34. The van der Waals surface area contributed by atoms with E-state index in [-0.39, 0.29) is 12.5 Å². The molecular weight excluding hydrogens is 238 g/mol. The minimum Gasteiger partial charge on any atom is -0.384 e. The number of hydrogen-bond donors (Lipinski definition) is 1. The van der Waals surface area contributed by atoms with Gasteiger partial charge in [-0.15, -0.1) is 0 Å². The predicted molar refractivity (Wildman–Crippen MR) is 74.8 cm³/mol. The number of carbonyl (C=O) groups excluding carboxylic acids is 1. The highest BCUT2D eigenvalue weighted by Gasteiger charge is 2.16. The molecule has 1 N–H and O–H groups in total. The molecule has 1 amide bonds. The van der Waals surface area contributed by atoms with Gasteiger partial charge in [0.15, 0.2) is 0 Å². The van der Waals surface area contributed by atoms with Gasteiger partial charge in [-0.25, -0.2) is 0 Å². The van der Waals surface area contributed by atoms with E-state index in [1.54, 1.807) is 0 Å². The second kappa shape index (κ2) is 6.96. The lowest BCUT2D eigenvalue weighted by Crippen LogP contribution is -2.31. The van der Waals surface area contributed by atoms with E-state index in [2.05, 4.69) is 11.8 Å². The number of hydrogen-bond acceptors (Lipinski definition) is 2. The number of rotatable bonds is 1. The standard InChI is InChI=1S/C16H19NO2/c18-13-5-6-14-7-9-15(10-8-14)16(19)17-11-3-1-2-4-12-17/h7-10,18H,1-4,11-13H2. The van der Waals surface area contributed by atoms with Gasteiger partial charge in [0.05, 0.1) is 0 Å². The van der Waals surface area contributed by atoms with Crippen molar-refractivity contribution in [1.82, 2.24) is 4.90 Å². The lowest BCUT2D eigenvalue weighted by Gasteiger charge is -2.20. The summed E-state index contributed by atoms with van der Waals surface area (Å²) in [5.74, 6) is 5.53. The predicted octanol–water partition coefficient (Wildman–Crippen LogP) is 2.05. The summed E-state index contributed by atoms with van der Waals surface area (Å²) in [5.41, 5.74) is 1.54. The Hall–Kier alpha value is -1.79. The minimum atomic E-state index is -0.144. The molecule has 3 heteroatoms. The van der Waals surface area contributed by atoms with Crippen LogP contribution in [0.2, 0.25) is 0 Å². The molecule has 1 heterocycles. The van der Waals surface area contributed by atoms with Crippen LogP contribution < -0.4 is 0 Å². The van der Waals surface area contributed by atoms with Crippen LogP contribution in [0.3, 0.4) is 0 Å². The van der Waals surface area contributed by atoms with Crippen LogP contribution in [0, 0.1) is 11.8 Å². The molecular formula is C16H19NO2. The van der Waals surface area contributed by atoms with Gasteiger partial charge in [0.1, 0.15) is 6.61 Å². The van der Waals surface area contributed by atoms with Crippen molar-refractivity contribution in [3.8, 4) is 11.8 Å². The molecule has 1 saturated heterocycles. The average Bonchev–Trinajstić information content (AvgIpc) is 2.74. The third kappa shape index (κ3) is 3.84. The lowest BCUT2D eigenvalue weighted by atomic mass is 10.1. The molecule has 0 atom stereocenters. The van der Waals surface area contributed by atoms with Gasteiger partial charge < -0.3 is 10.0 Å². The lowest BCUT2D eigenvalue weighted by molar-refractivity contribution is 0.0761. The first-order valence-electron chi connectivity index (χ1n) is 6.80. The highest BCUT2D eigenvalue weighted by atomic mass is 16.2. The van der Waals surface area contributed by atoms with Crippen LogP contribution in [0.25, 0.3) is 0 Å². The maximum Gasteiger partial charge on any atom is 0.253 e. The van der Waals surface area contributed by atoms with Gasteiger partial charge >= 0.3 is 0 Å². The highest BCUT2D eigenvalue weighted by molar-refractivity contribution is 5.94. The number of carbonyl (C=O) groups is 1. The van der Waals surface area contributed by atoms with Crippen LogP contribution in [-0.2, 0) is 0 Å². The molecule has 0 unspecified atom stereocenters. The van der Waals surface area contributed by atoms with Crippen LogP contribution in [0.1, 0.15) is 41.6 Å². The Morgan fingerprint density at radius 2 is 1.74 bits per heavy atom. The Bertz CT molecular complexity index is 474. The van der Waals surface area contributed by atoms with E-state index in [0.717, 1.165) is 37.1 Å². The van der Waals surface area contributed by atoms with Gasteiger partial charge in [0.2, 0.25) is 0 Å². The number of aliphatic hydroxyl groups is 1. The molecule has 19 heavy (non-hydrogen) atoms. The van der Waals surface area contributed by atoms with Gasteiger partial charge in [-0.3, -0.25) is 4.79 Å². The molecule has 1 aromatic carbocycles. The zero-order valence-electron chi connectivity index (χ0n) is 11.1. The Morgan fingerprint density at radius 1 is 1.11 bits per heavy atom. The summed E-state index contributed by atoms with van der Waals surface area (Å²) in [6.45, 7) is 1.59. The van der Waals surface area contributed by atoms with E-state index in [0.29, 0.717) is 0 Å². The second-order valence-corrected chi connectivity index (χ2v) is 4.74. The SMILES string of the molecule is O=C(c1ccc(C#CCO)cc1)N1CCCCCC1. The molecule has 0 aromatic heterocycles. The number of benzene rings is 1. The van der Waals surface area contributed by atoms with E-state index in [4.69, 9.17) is 5.11 Å². The largest absolute Gasteiger partial charge is 0.384 e. The van der Waals surface area contributed by atoms with Crippen LogP contribution in [0.15, 0.2) is 24.3 Å². The van der Waals surface area contributed by atoms with Crippen molar-refractivity contribution in [3.05, 3.63) is 35.4 Å². The van der Waals surface area contributed by atoms with Crippen molar-refractivity contribution in [2.24, 2.45) is 0 Å². The fourth-order valence-electron chi connectivity index (χ4n) is 2.29. The number of aliphatic hydroxyl groups excluding tert-OH is 1. The molecule has 100 valence electrons. The number of likely N-dealkylation sites (tertiary alicyclic amines) is 1. The van der Waals surface area contributed by atoms with E-state index >= 15 is 0 Å². The summed E-state index contributed by atoms with van der Waals surface area (Å²) < 4.78 is 0. The average molecular weight is 257 g/mol. The number of amides is 1. The first kappa shape index (κ1) is 13.6. The smallest absolute Gasteiger partial charge is 0.253 e. The van der Waals surface area contributed by atoms with Gasteiger partial charge in [0, 0.05) is 24.2 Å². The molecule has 0 aliphatic carbocycles. The first-order valence-corrected chi connectivity index (χ1v) is 6.80. The normalized spacial score (nSPS) is 15.3. The van der Waals surface area contributed by atoms with Crippen LogP contribution >= 0.6 is 0 Å². The monoisotopic (exact) mass is 257 g/mol. The van der Waals surface area contributed by atoms with Crippen molar-refractivity contribution in [2.45, 2.75) is 25.7 Å². The van der Waals surface area contributed by atoms with E-state index in [1.165, 1.54) is 12.8 Å². The van der Waals surface area contributed by atoms with E-state index in [9.17, 15) is 4.79 Å². The maximum absolute atomic E-state index is 12.3. The Morgan fingerprint density at radius 3 is 2.32 bits per heavy atom. The van der Waals surface area contributed by atoms with Gasteiger partial charge in [0.25, 0.3) is 5.91 Å². The van der Waals surface area contributed by atoms with Gasteiger partial charge in [-0.1, -0.05) is 24.7 Å². The molecule has 0 saturated carbocycles. The zero-order chi connectivity index (χ0) is 13.5. The quantitative estimate of drug-likeness (QED) is 0.782. The fraction of sp³-hybridized carbons (Fsp3) is 0.438. The van der Waals surface area contributed by atoms with Crippen LogP contribution in [0.4, 0.5) is 0 Å². The molecule has 1 aliphatic rings. The second-order valence-electron chi connectivity index (χ2n) is 4.74. The maximum atomic E-state index is 12.3. The summed E-state index contributed by atoms with van der Waals surface area (Å²) in [6, 6.07) is 7.28. The Labute approximate surface area is 114 Å². The Balaban J connectivity index is 2.06. The van der Waals surface area contributed by atoms with Crippen molar-refractivity contribution in [3.63, 3.8) is 0 Å².